The minimum absolute atomic E-state index is 0.127. The molecule has 0 radical (unpaired) electrons. The first-order chi connectivity index (χ1) is 10.6. The number of halogens is 4. The predicted octanol–water partition coefficient (Wildman–Crippen LogP) is 7.85. The molecule has 1 nitrogen and oxygen atoms in total. The van der Waals surface area contributed by atoms with Crippen LogP contribution in [0.3, 0.4) is 0 Å². The lowest BCUT2D eigenvalue weighted by Crippen LogP contribution is -2.19. The molecule has 0 aliphatic heterocycles. The van der Waals surface area contributed by atoms with Gasteiger partial charge in [0, 0.05) is 14.4 Å². The summed E-state index contributed by atoms with van der Waals surface area (Å²) < 4.78 is 9.92. The molecule has 2 aromatic carbocycles. The number of hydrogen-bond donors (Lipinski definition) is 0. The van der Waals surface area contributed by atoms with Gasteiger partial charge in [-0.05, 0) is 87.2 Å². The molecule has 23 heavy (non-hydrogen) atoms. The Bertz CT molecular complexity index is 680. The van der Waals surface area contributed by atoms with E-state index in [1.807, 2.05) is 19.9 Å². The van der Waals surface area contributed by atoms with Crippen molar-refractivity contribution in [2.45, 2.75) is 39.2 Å². The third-order valence-corrected chi connectivity index (χ3v) is 5.75. The van der Waals surface area contributed by atoms with Crippen LogP contribution in [0.4, 0.5) is 0 Å². The molecule has 0 spiro atoms. The predicted molar refractivity (Wildman–Crippen MR) is 112 cm³/mol. The molecule has 0 amide bonds. The topological polar surface area (TPSA) is 9.23 Å². The Kier molecular flexibility index (Phi) is 6.43. The fourth-order valence-corrected chi connectivity index (χ4v) is 5.02. The molecule has 0 atom stereocenters. The molecule has 0 aromatic heterocycles. The highest BCUT2D eigenvalue weighted by Gasteiger charge is 2.26. The third-order valence-electron chi connectivity index (χ3n) is 3.66. The van der Waals surface area contributed by atoms with Crippen molar-refractivity contribution in [3.8, 4) is 5.75 Å². The summed E-state index contributed by atoms with van der Waals surface area (Å²) in [5.41, 5.74) is 2.29. The molecular weight excluding hydrogens is 552 g/mol. The summed E-state index contributed by atoms with van der Waals surface area (Å²) in [6.45, 7) is 8.49. The molecule has 0 fully saturated rings. The summed E-state index contributed by atoms with van der Waals surface area (Å²) in [6.07, 6.45) is 0.127. The number of rotatable bonds is 4. The van der Waals surface area contributed by atoms with Gasteiger partial charge in [0.25, 0.3) is 0 Å². The minimum Gasteiger partial charge on any atom is -0.489 e. The molecule has 0 bridgehead atoms. The SMILES string of the molecule is CC(C)Oc1c(Br)cc(C(C)(C)c2cc(Br)cc(Br)c2)cc1Br. The lowest BCUT2D eigenvalue weighted by Gasteiger charge is -2.28. The van der Waals surface area contributed by atoms with Gasteiger partial charge in [0.15, 0.2) is 0 Å². The zero-order valence-electron chi connectivity index (χ0n) is 13.4. The Hall–Kier alpha value is 0.160. The monoisotopic (exact) mass is 566 g/mol. The first-order valence-corrected chi connectivity index (χ1v) is 10.4. The quantitative estimate of drug-likeness (QED) is 0.364. The van der Waals surface area contributed by atoms with Gasteiger partial charge < -0.3 is 4.74 Å². The van der Waals surface area contributed by atoms with Crippen molar-refractivity contribution in [2.75, 3.05) is 0 Å². The summed E-state index contributed by atoms with van der Waals surface area (Å²) in [4.78, 5) is 0. The van der Waals surface area contributed by atoms with Crippen molar-refractivity contribution in [3.63, 3.8) is 0 Å². The lowest BCUT2D eigenvalue weighted by atomic mass is 9.78. The van der Waals surface area contributed by atoms with E-state index >= 15 is 0 Å². The molecule has 2 rings (SSSR count). The summed E-state index contributed by atoms with van der Waals surface area (Å²) in [5, 5.41) is 0. The van der Waals surface area contributed by atoms with Crippen LogP contribution in [0.1, 0.15) is 38.8 Å². The molecular formula is C18H18Br4O. The van der Waals surface area contributed by atoms with Crippen LogP contribution in [0, 0.1) is 0 Å². The molecule has 0 heterocycles. The maximum absolute atomic E-state index is 5.88. The lowest BCUT2D eigenvalue weighted by molar-refractivity contribution is 0.239. The van der Waals surface area contributed by atoms with E-state index in [4.69, 9.17) is 4.74 Å². The fraction of sp³-hybridized carbons (Fsp3) is 0.333. The first-order valence-electron chi connectivity index (χ1n) is 7.24. The fourth-order valence-electron chi connectivity index (χ4n) is 2.35. The summed E-state index contributed by atoms with van der Waals surface area (Å²) in [5.74, 6) is 0.843. The summed E-state index contributed by atoms with van der Waals surface area (Å²) in [7, 11) is 0. The minimum atomic E-state index is -0.145. The third kappa shape index (κ3) is 4.62. The normalized spacial score (nSPS) is 11.9. The zero-order chi connectivity index (χ0) is 17.4. The van der Waals surface area contributed by atoms with E-state index in [1.165, 1.54) is 11.1 Å². The number of benzene rings is 2. The van der Waals surface area contributed by atoms with Crippen LogP contribution >= 0.6 is 63.7 Å². The van der Waals surface area contributed by atoms with Crippen LogP contribution in [0.5, 0.6) is 5.75 Å². The highest BCUT2D eigenvalue weighted by molar-refractivity contribution is 9.11. The van der Waals surface area contributed by atoms with Gasteiger partial charge >= 0.3 is 0 Å². The van der Waals surface area contributed by atoms with Crippen LogP contribution in [0.15, 0.2) is 48.2 Å². The Morgan fingerprint density at radius 1 is 0.783 bits per heavy atom. The van der Waals surface area contributed by atoms with Gasteiger partial charge in [0.1, 0.15) is 5.75 Å². The number of ether oxygens (including phenoxy) is 1. The van der Waals surface area contributed by atoms with E-state index in [9.17, 15) is 0 Å². The summed E-state index contributed by atoms with van der Waals surface area (Å²) >= 11 is 14.4. The van der Waals surface area contributed by atoms with Crippen molar-refractivity contribution in [3.05, 3.63) is 59.3 Å². The highest BCUT2D eigenvalue weighted by Crippen LogP contribution is 2.42. The molecule has 0 saturated heterocycles. The standard InChI is InChI=1S/C18H18Br4O/c1-10(2)23-17-15(21)7-12(8-16(17)22)18(3,4)11-5-13(19)9-14(20)6-11/h5-10H,1-4H3. The second-order valence-corrected chi connectivity index (χ2v) is 9.76. The molecule has 0 unspecified atom stereocenters. The van der Waals surface area contributed by atoms with E-state index < -0.39 is 0 Å². The van der Waals surface area contributed by atoms with E-state index in [-0.39, 0.29) is 11.5 Å². The van der Waals surface area contributed by atoms with Crippen molar-refractivity contribution in [1.82, 2.24) is 0 Å². The Morgan fingerprint density at radius 2 is 1.22 bits per heavy atom. The van der Waals surface area contributed by atoms with Gasteiger partial charge in [-0.15, -0.1) is 0 Å². The Labute approximate surface area is 171 Å². The Balaban J connectivity index is 2.51. The van der Waals surface area contributed by atoms with Gasteiger partial charge in [-0.3, -0.25) is 0 Å². The molecule has 0 aliphatic carbocycles. The summed E-state index contributed by atoms with van der Waals surface area (Å²) in [6, 6.07) is 10.6. The van der Waals surface area contributed by atoms with Crippen LogP contribution in [0.2, 0.25) is 0 Å². The van der Waals surface area contributed by atoms with Crippen LogP contribution in [-0.4, -0.2) is 6.10 Å². The zero-order valence-corrected chi connectivity index (χ0v) is 19.7. The molecule has 124 valence electrons. The van der Waals surface area contributed by atoms with Crippen LogP contribution in [0.25, 0.3) is 0 Å². The highest BCUT2D eigenvalue weighted by atomic mass is 79.9. The number of hydrogen-bond acceptors (Lipinski definition) is 1. The molecule has 2 aromatic rings. The molecule has 0 N–H and O–H groups in total. The first kappa shape index (κ1) is 19.5. The molecule has 5 heteroatoms. The molecule has 0 saturated carbocycles. The van der Waals surface area contributed by atoms with Crippen LogP contribution < -0.4 is 4.74 Å². The van der Waals surface area contributed by atoms with Gasteiger partial charge in [-0.1, -0.05) is 45.7 Å². The van der Waals surface area contributed by atoms with E-state index in [1.54, 1.807) is 0 Å². The van der Waals surface area contributed by atoms with E-state index in [0.29, 0.717) is 0 Å². The maximum Gasteiger partial charge on any atom is 0.148 e. The Morgan fingerprint density at radius 3 is 1.65 bits per heavy atom. The van der Waals surface area contributed by atoms with E-state index in [2.05, 4.69) is 102 Å². The maximum atomic E-state index is 5.88. The second-order valence-electron chi connectivity index (χ2n) is 6.22. The van der Waals surface area contributed by atoms with Gasteiger partial charge in [0.2, 0.25) is 0 Å². The largest absolute Gasteiger partial charge is 0.489 e. The van der Waals surface area contributed by atoms with Gasteiger partial charge in [-0.2, -0.15) is 0 Å². The average molecular weight is 570 g/mol. The van der Waals surface area contributed by atoms with Crippen molar-refractivity contribution >= 4 is 63.7 Å². The second kappa shape index (κ2) is 7.59. The van der Waals surface area contributed by atoms with Crippen LogP contribution in [-0.2, 0) is 5.41 Å². The van der Waals surface area contributed by atoms with E-state index in [0.717, 1.165) is 23.6 Å². The average Bonchev–Trinajstić information content (AvgIpc) is 2.41. The van der Waals surface area contributed by atoms with Crippen molar-refractivity contribution in [2.24, 2.45) is 0 Å². The smallest absolute Gasteiger partial charge is 0.148 e. The molecule has 0 aliphatic rings. The van der Waals surface area contributed by atoms with Crippen molar-refractivity contribution < 1.29 is 4.74 Å². The van der Waals surface area contributed by atoms with Crippen molar-refractivity contribution in [1.29, 1.82) is 0 Å². The van der Waals surface area contributed by atoms with Gasteiger partial charge in [0.05, 0.1) is 15.0 Å². The van der Waals surface area contributed by atoms with Gasteiger partial charge in [-0.25, -0.2) is 0 Å².